The third-order valence-electron chi connectivity index (χ3n) is 2.54. The first-order chi connectivity index (χ1) is 7.31. The van der Waals surface area contributed by atoms with Crippen molar-refractivity contribution in [3.05, 3.63) is 35.2 Å². The molecule has 2 aromatic rings. The number of fused-ring (bicyclic) bond motifs is 1. The van der Waals surface area contributed by atoms with Crippen LogP contribution < -0.4 is 0 Å². The Labute approximate surface area is 96.9 Å². The summed E-state index contributed by atoms with van der Waals surface area (Å²) in [4.78, 5) is 1.52. The fraction of sp³-hybridized carbons (Fsp3) is 0.429. The number of hydrogen-bond donors (Lipinski definition) is 0. The molecule has 0 aliphatic rings. The fourth-order valence-corrected chi connectivity index (χ4v) is 2.65. The van der Waals surface area contributed by atoms with Crippen LogP contribution in [0.3, 0.4) is 0 Å². The standard InChI is InChI=1S/C12H14S.C2H6/c1-3-9(2)12-8-10-6-4-5-7-11(10)13-12;1-2/h4-9H,3H2,1-2H3;1-2H3. The van der Waals surface area contributed by atoms with E-state index in [-0.39, 0.29) is 0 Å². The lowest BCUT2D eigenvalue weighted by Crippen LogP contribution is -1.84. The highest BCUT2D eigenvalue weighted by atomic mass is 32.1. The Kier molecular flexibility index (Phi) is 4.83. The Morgan fingerprint density at radius 3 is 2.47 bits per heavy atom. The summed E-state index contributed by atoms with van der Waals surface area (Å²) in [6.07, 6.45) is 1.23. The van der Waals surface area contributed by atoms with Gasteiger partial charge in [-0.2, -0.15) is 0 Å². The maximum Gasteiger partial charge on any atom is 0.0345 e. The van der Waals surface area contributed by atoms with Gasteiger partial charge in [-0.3, -0.25) is 0 Å². The molecule has 0 amide bonds. The molecule has 0 aliphatic heterocycles. The molecule has 0 fully saturated rings. The molecule has 0 aliphatic carbocycles. The first kappa shape index (κ1) is 12.3. The predicted octanol–water partition coefficient (Wildman–Crippen LogP) is 5.44. The molecule has 1 unspecified atom stereocenters. The Morgan fingerprint density at radius 1 is 1.20 bits per heavy atom. The van der Waals surface area contributed by atoms with E-state index in [9.17, 15) is 0 Å². The van der Waals surface area contributed by atoms with Crippen LogP contribution in [0.2, 0.25) is 0 Å². The molecule has 0 saturated carbocycles. The average Bonchev–Trinajstić information content (AvgIpc) is 2.74. The molecular formula is C14H20S. The summed E-state index contributed by atoms with van der Waals surface area (Å²) in [7, 11) is 0. The highest BCUT2D eigenvalue weighted by Crippen LogP contribution is 2.31. The molecule has 1 aromatic carbocycles. The van der Waals surface area contributed by atoms with Gasteiger partial charge in [0.15, 0.2) is 0 Å². The zero-order valence-corrected chi connectivity index (χ0v) is 10.9. The summed E-state index contributed by atoms with van der Waals surface area (Å²) >= 11 is 1.93. The van der Waals surface area contributed by atoms with Crippen molar-refractivity contribution < 1.29 is 0 Å². The summed E-state index contributed by atoms with van der Waals surface area (Å²) in [6, 6.07) is 10.9. The van der Waals surface area contributed by atoms with Crippen molar-refractivity contribution in [3.63, 3.8) is 0 Å². The van der Waals surface area contributed by atoms with E-state index in [4.69, 9.17) is 0 Å². The van der Waals surface area contributed by atoms with Crippen LogP contribution in [0.1, 0.15) is 44.9 Å². The van der Waals surface area contributed by atoms with Crippen molar-refractivity contribution in [3.8, 4) is 0 Å². The molecule has 0 bridgehead atoms. The molecule has 1 aromatic heterocycles. The van der Waals surface area contributed by atoms with Gasteiger partial charge in [-0.1, -0.05) is 45.9 Å². The van der Waals surface area contributed by atoms with Crippen LogP contribution in [-0.4, -0.2) is 0 Å². The van der Waals surface area contributed by atoms with Gasteiger partial charge in [0, 0.05) is 9.58 Å². The van der Waals surface area contributed by atoms with Gasteiger partial charge in [-0.15, -0.1) is 11.3 Å². The molecule has 15 heavy (non-hydrogen) atoms. The normalized spacial score (nSPS) is 12.0. The Bertz CT molecular complexity index is 367. The van der Waals surface area contributed by atoms with Gasteiger partial charge in [0.25, 0.3) is 0 Å². The highest BCUT2D eigenvalue weighted by Gasteiger charge is 2.06. The second-order valence-electron chi connectivity index (χ2n) is 3.50. The van der Waals surface area contributed by atoms with Gasteiger partial charge in [0.05, 0.1) is 0 Å². The van der Waals surface area contributed by atoms with E-state index >= 15 is 0 Å². The Hall–Kier alpha value is -0.820. The summed E-state index contributed by atoms with van der Waals surface area (Å²) in [5.74, 6) is 0.706. The summed E-state index contributed by atoms with van der Waals surface area (Å²) in [6.45, 7) is 8.54. The van der Waals surface area contributed by atoms with Gasteiger partial charge >= 0.3 is 0 Å². The minimum absolute atomic E-state index is 0.706. The van der Waals surface area contributed by atoms with Crippen molar-refractivity contribution in [2.24, 2.45) is 0 Å². The van der Waals surface area contributed by atoms with E-state index < -0.39 is 0 Å². The maximum atomic E-state index is 2.33. The zero-order valence-electron chi connectivity index (χ0n) is 10.1. The maximum absolute atomic E-state index is 2.33. The lowest BCUT2D eigenvalue weighted by Gasteiger charge is -2.02. The van der Waals surface area contributed by atoms with Crippen LogP contribution in [0.15, 0.2) is 30.3 Å². The summed E-state index contributed by atoms with van der Waals surface area (Å²) in [5, 5.41) is 1.39. The van der Waals surface area contributed by atoms with Crippen molar-refractivity contribution in [1.29, 1.82) is 0 Å². The minimum atomic E-state index is 0.706. The lowest BCUT2D eigenvalue weighted by molar-refractivity contribution is 0.748. The molecule has 1 heterocycles. The van der Waals surface area contributed by atoms with Crippen molar-refractivity contribution in [1.82, 2.24) is 0 Å². The first-order valence-corrected chi connectivity index (χ1v) is 6.61. The number of rotatable bonds is 2. The van der Waals surface area contributed by atoms with E-state index in [1.54, 1.807) is 0 Å². The van der Waals surface area contributed by atoms with Gasteiger partial charge < -0.3 is 0 Å². The first-order valence-electron chi connectivity index (χ1n) is 5.79. The van der Waals surface area contributed by atoms with Crippen LogP contribution in [0.25, 0.3) is 10.1 Å². The van der Waals surface area contributed by atoms with Crippen LogP contribution in [0, 0.1) is 0 Å². The quantitative estimate of drug-likeness (QED) is 0.632. The monoisotopic (exact) mass is 220 g/mol. The summed E-state index contributed by atoms with van der Waals surface area (Å²) < 4.78 is 1.41. The lowest BCUT2D eigenvalue weighted by atomic mass is 10.1. The third-order valence-corrected chi connectivity index (χ3v) is 3.89. The minimum Gasteiger partial charge on any atom is -0.140 e. The number of thiophene rings is 1. The van der Waals surface area contributed by atoms with Crippen molar-refractivity contribution >= 4 is 21.4 Å². The number of hydrogen-bond acceptors (Lipinski definition) is 1. The topological polar surface area (TPSA) is 0 Å². The van der Waals surface area contributed by atoms with Crippen LogP contribution in [0.5, 0.6) is 0 Å². The number of benzene rings is 1. The van der Waals surface area contributed by atoms with Crippen LogP contribution in [-0.2, 0) is 0 Å². The van der Waals surface area contributed by atoms with Gasteiger partial charge in [-0.25, -0.2) is 0 Å². The van der Waals surface area contributed by atoms with Crippen LogP contribution in [0.4, 0.5) is 0 Å². The summed E-state index contributed by atoms with van der Waals surface area (Å²) in [5.41, 5.74) is 0. The SMILES string of the molecule is CC.CCC(C)c1cc2ccccc2s1. The highest BCUT2D eigenvalue weighted by molar-refractivity contribution is 7.19. The van der Waals surface area contributed by atoms with Crippen molar-refractivity contribution in [2.45, 2.75) is 40.0 Å². The molecule has 82 valence electrons. The van der Waals surface area contributed by atoms with E-state index in [1.807, 2.05) is 25.2 Å². The Morgan fingerprint density at radius 2 is 1.87 bits per heavy atom. The van der Waals surface area contributed by atoms with Gasteiger partial charge in [0.2, 0.25) is 0 Å². The van der Waals surface area contributed by atoms with E-state index in [0.29, 0.717) is 5.92 Å². The second-order valence-corrected chi connectivity index (χ2v) is 4.61. The van der Waals surface area contributed by atoms with Gasteiger partial charge in [-0.05, 0) is 29.9 Å². The molecule has 1 heteroatoms. The Balaban J connectivity index is 0.000000531. The molecule has 0 nitrogen and oxygen atoms in total. The third kappa shape index (κ3) is 2.82. The molecule has 0 saturated heterocycles. The molecule has 2 rings (SSSR count). The molecular weight excluding hydrogens is 200 g/mol. The molecule has 0 radical (unpaired) electrons. The fourth-order valence-electron chi connectivity index (χ4n) is 1.45. The van der Waals surface area contributed by atoms with Crippen molar-refractivity contribution in [2.75, 3.05) is 0 Å². The molecule has 0 spiro atoms. The molecule has 1 atom stereocenters. The molecule has 0 N–H and O–H groups in total. The smallest absolute Gasteiger partial charge is 0.0345 e. The second kappa shape index (κ2) is 5.92. The van der Waals surface area contributed by atoms with E-state index in [1.165, 1.54) is 21.4 Å². The largest absolute Gasteiger partial charge is 0.140 e. The zero-order chi connectivity index (χ0) is 11.3. The average molecular weight is 220 g/mol. The van der Waals surface area contributed by atoms with Crippen LogP contribution >= 0.6 is 11.3 Å². The van der Waals surface area contributed by atoms with E-state index in [0.717, 1.165) is 0 Å². The predicted molar refractivity (Wildman–Crippen MR) is 71.9 cm³/mol. The van der Waals surface area contributed by atoms with Gasteiger partial charge in [0.1, 0.15) is 0 Å². The van der Waals surface area contributed by atoms with E-state index in [2.05, 4.69) is 44.2 Å².